The highest BCUT2D eigenvalue weighted by atomic mass is 16.5. The summed E-state index contributed by atoms with van der Waals surface area (Å²) in [7, 11) is 0. The van der Waals surface area contributed by atoms with Gasteiger partial charge in [-0.3, -0.25) is 9.36 Å². The molecule has 1 heterocycles. The van der Waals surface area contributed by atoms with Gasteiger partial charge in [0.15, 0.2) is 0 Å². The van der Waals surface area contributed by atoms with Gasteiger partial charge in [-0.1, -0.05) is 19.1 Å². The summed E-state index contributed by atoms with van der Waals surface area (Å²) in [5.41, 5.74) is 0.760. The van der Waals surface area contributed by atoms with E-state index in [0.29, 0.717) is 24.4 Å². The van der Waals surface area contributed by atoms with Crippen LogP contribution in [0.5, 0.6) is 0 Å². The van der Waals surface area contributed by atoms with Crippen LogP contribution in [0.1, 0.15) is 39.1 Å². The van der Waals surface area contributed by atoms with Gasteiger partial charge in [0, 0.05) is 13.2 Å². The summed E-state index contributed by atoms with van der Waals surface area (Å²) in [6.45, 7) is 7.21. The van der Waals surface area contributed by atoms with Crippen LogP contribution in [0.25, 0.3) is 10.9 Å². The summed E-state index contributed by atoms with van der Waals surface area (Å²) in [6, 6.07) is 7.46. The predicted octanol–water partition coefficient (Wildman–Crippen LogP) is 2.90. The van der Waals surface area contributed by atoms with E-state index >= 15 is 0 Å². The number of rotatable bonds is 5. The van der Waals surface area contributed by atoms with Crippen LogP contribution in [0.2, 0.25) is 0 Å². The Kier molecular flexibility index (Phi) is 4.32. The molecule has 0 radical (unpaired) electrons. The standard InChI is InChI=1S/C15H20N2O2/c1-4-10-17-14(11(3)19-5-2)16-13-9-7-6-8-12(13)15(17)18/h6-9,11H,4-5,10H2,1-3H3. The summed E-state index contributed by atoms with van der Waals surface area (Å²) in [4.78, 5) is 17.1. The summed E-state index contributed by atoms with van der Waals surface area (Å²) < 4.78 is 7.34. The smallest absolute Gasteiger partial charge is 0.261 e. The van der Waals surface area contributed by atoms with E-state index in [4.69, 9.17) is 4.74 Å². The zero-order chi connectivity index (χ0) is 13.8. The lowest BCUT2D eigenvalue weighted by Crippen LogP contribution is -2.27. The van der Waals surface area contributed by atoms with Crippen LogP contribution in [0.3, 0.4) is 0 Å². The third-order valence-corrected chi connectivity index (χ3v) is 3.12. The van der Waals surface area contributed by atoms with Crippen molar-refractivity contribution in [1.82, 2.24) is 9.55 Å². The predicted molar refractivity (Wildman–Crippen MR) is 76.3 cm³/mol. The van der Waals surface area contributed by atoms with E-state index in [1.54, 1.807) is 4.57 Å². The average molecular weight is 260 g/mol. The molecule has 2 rings (SSSR count). The first-order chi connectivity index (χ1) is 9.19. The van der Waals surface area contributed by atoms with Gasteiger partial charge in [-0.25, -0.2) is 4.98 Å². The topological polar surface area (TPSA) is 44.1 Å². The van der Waals surface area contributed by atoms with Crippen molar-refractivity contribution in [2.45, 2.75) is 39.8 Å². The number of benzene rings is 1. The van der Waals surface area contributed by atoms with Crippen LogP contribution >= 0.6 is 0 Å². The molecule has 4 heteroatoms. The molecule has 0 fully saturated rings. The number of ether oxygens (including phenoxy) is 1. The largest absolute Gasteiger partial charge is 0.371 e. The number of aromatic nitrogens is 2. The molecule has 0 spiro atoms. The van der Waals surface area contributed by atoms with E-state index in [0.717, 1.165) is 11.9 Å². The van der Waals surface area contributed by atoms with Gasteiger partial charge in [0.05, 0.1) is 10.9 Å². The fourth-order valence-corrected chi connectivity index (χ4v) is 2.26. The molecule has 0 amide bonds. The Labute approximate surface area is 113 Å². The van der Waals surface area contributed by atoms with E-state index in [1.165, 1.54) is 0 Å². The molecule has 1 aromatic carbocycles. The zero-order valence-electron chi connectivity index (χ0n) is 11.7. The second kappa shape index (κ2) is 5.97. The molecular formula is C15H20N2O2. The fourth-order valence-electron chi connectivity index (χ4n) is 2.26. The lowest BCUT2D eigenvalue weighted by atomic mass is 10.2. The summed E-state index contributed by atoms with van der Waals surface area (Å²) in [5, 5.41) is 0.670. The molecule has 0 saturated heterocycles. The van der Waals surface area contributed by atoms with Gasteiger partial charge < -0.3 is 4.74 Å². The Hall–Kier alpha value is -1.68. The van der Waals surface area contributed by atoms with Crippen molar-refractivity contribution < 1.29 is 4.74 Å². The minimum atomic E-state index is -0.172. The molecule has 0 saturated carbocycles. The molecule has 0 aliphatic carbocycles. The minimum absolute atomic E-state index is 0.0222. The first-order valence-electron chi connectivity index (χ1n) is 6.80. The molecule has 1 aromatic heterocycles. The van der Waals surface area contributed by atoms with Gasteiger partial charge in [0.1, 0.15) is 11.9 Å². The van der Waals surface area contributed by atoms with Gasteiger partial charge in [-0.15, -0.1) is 0 Å². The highest BCUT2D eigenvalue weighted by Gasteiger charge is 2.15. The Morgan fingerprint density at radius 3 is 2.74 bits per heavy atom. The lowest BCUT2D eigenvalue weighted by molar-refractivity contribution is 0.0665. The van der Waals surface area contributed by atoms with Crippen molar-refractivity contribution in [1.29, 1.82) is 0 Å². The van der Waals surface area contributed by atoms with Crippen LogP contribution in [-0.2, 0) is 11.3 Å². The van der Waals surface area contributed by atoms with Gasteiger partial charge >= 0.3 is 0 Å². The molecule has 4 nitrogen and oxygen atoms in total. The van der Waals surface area contributed by atoms with Gasteiger partial charge in [0.25, 0.3) is 5.56 Å². The Bertz CT molecular complexity index is 619. The molecule has 0 bridgehead atoms. The van der Waals surface area contributed by atoms with Crippen molar-refractivity contribution >= 4 is 10.9 Å². The second-order valence-corrected chi connectivity index (χ2v) is 4.54. The van der Waals surface area contributed by atoms with Crippen molar-refractivity contribution in [2.24, 2.45) is 0 Å². The first kappa shape index (κ1) is 13.7. The molecule has 0 aliphatic heterocycles. The number of nitrogens with zero attached hydrogens (tertiary/aromatic N) is 2. The number of para-hydroxylation sites is 1. The molecule has 0 aliphatic rings. The SMILES string of the molecule is CCCn1c(C(C)OCC)nc2ccccc2c1=O. The van der Waals surface area contributed by atoms with Crippen molar-refractivity contribution in [3.63, 3.8) is 0 Å². The van der Waals surface area contributed by atoms with Crippen LogP contribution in [0.15, 0.2) is 29.1 Å². The van der Waals surface area contributed by atoms with E-state index in [9.17, 15) is 4.79 Å². The van der Waals surface area contributed by atoms with E-state index < -0.39 is 0 Å². The molecule has 1 atom stereocenters. The molecular weight excluding hydrogens is 240 g/mol. The molecule has 2 aromatic rings. The monoisotopic (exact) mass is 260 g/mol. The molecule has 0 N–H and O–H groups in total. The van der Waals surface area contributed by atoms with Gasteiger partial charge in [-0.05, 0) is 32.4 Å². The quantitative estimate of drug-likeness (QED) is 0.830. The van der Waals surface area contributed by atoms with Crippen molar-refractivity contribution in [3.8, 4) is 0 Å². The van der Waals surface area contributed by atoms with E-state index in [-0.39, 0.29) is 11.7 Å². The maximum absolute atomic E-state index is 12.5. The maximum atomic E-state index is 12.5. The van der Waals surface area contributed by atoms with E-state index in [2.05, 4.69) is 11.9 Å². The number of hydrogen-bond donors (Lipinski definition) is 0. The highest BCUT2D eigenvalue weighted by Crippen LogP contribution is 2.16. The van der Waals surface area contributed by atoms with Crippen LogP contribution in [-0.4, -0.2) is 16.2 Å². The first-order valence-corrected chi connectivity index (χ1v) is 6.80. The Morgan fingerprint density at radius 2 is 2.05 bits per heavy atom. The van der Waals surface area contributed by atoms with Crippen molar-refractivity contribution in [3.05, 3.63) is 40.4 Å². The molecule has 102 valence electrons. The fraction of sp³-hybridized carbons (Fsp3) is 0.467. The third-order valence-electron chi connectivity index (χ3n) is 3.12. The Morgan fingerprint density at radius 1 is 1.32 bits per heavy atom. The minimum Gasteiger partial charge on any atom is -0.371 e. The molecule has 1 unspecified atom stereocenters. The maximum Gasteiger partial charge on any atom is 0.261 e. The lowest BCUT2D eigenvalue weighted by Gasteiger charge is -2.17. The number of hydrogen-bond acceptors (Lipinski definition) is 3. The summed E-state index contributed by atoms with van der Waals surface area (Å²) in [5.74, 6) is 0.715. The molecule has 19 heavy (non-hydrogen) atoms. The van der Waals surface area contributed by atoms with Crippen molar-refractivity contribution in [2.75, 3.05) is 6.61 Å². The average Bonchev–Trinajstić information content (AvgIpc) is 2.42. The van der Waals surface area contributed by atoms with Crippen LogP contribution in [0.4, 0.5) is 0 Å². The zero-order valence-corrected chi connectivity index (χ0v) is 11.7. The number of fused-ring (bicyclic) bond motifs is 1. The second-order valence-electron chi connectivity index (χ2n) is 4.54. The van der Waals surface area contributed by atoms with Crippen LogP contribution in [0, 0.1) is 0 Å². The normalized spacial score (nSPS) is 12.8. The summed E-state index contributed by atoms with van der Waals surface area (Å²) >= 11 is 0. The highest BCUT2D eigenvalue weighted by molar-refractivity contribution is 5.77. The van der Waals surface area contributed by atoms with Gasteiger partial charge in [-0.2, -0.15) is 0 Å². The van der Waals surface area contributed by atoms with Gasteiger partial charge in [0.2, 0.25) is 0 Å². The van der Waals surface area contributed by atoms with E-state index in [1.807, 2.05) is 38.1 Å². The third kappa shape index (κ3) is 2.68. The summed E-state index contributed by atoms with van der Waals surface area (Å²) in [6.07, 6.45) is 0.722. The Balaban J connectivity index is 2.66. The van der Waals surface area contributed by atoms with Crippen LogP contribution < -0.4 is 5.56 Å².